The molecule has 0 saturated carbocycles. The lowest BCUT2D eigenvalue weighted by Gasteiger charge is -2.17. The second kappa shape index (κ2) is 9.20. The second-order valence-electron chi connectivity index (χ2n) is 4.48. The summed E-state index contributed by atoms with van der Waals surface area (Å²) in [5, 5.41) is 12.4. The number of nitrogens with zero attached hydrogens (tertiary/aromatic N) is 2. The molecule has 1 atom stereocenters. The van der Waals surface area contributed by atoms with Crippen molar-refractivity contribution in [2.24, 2.45) is 4.99 Å². The molecule has 4 heteroatoms. The summed E-state index contributed by atoms with van der Waals surface area (Å²) in [7, 11) is -0.511. The van der Waals surface area contributed by atoms with Crippen LogP contribution >= 0.6 is 8.07 Å². The average Bonchev–Trinajstić information content (AvgIpc) is 2.46. The number of nitriles is 1. The molecule has 0 heterocycles. The van der Waals surface area contributed by atoms with Gasteiger partial charge in [-0.25, -0.2) is 0 Å². The molecule has 0 aliphatic rings. The molecular formula is C16H20N3P. The number of allylic oxidation sites excluding steroid dienone is 1. The lowest BCUT2D eigenvalue weighted by atomic mass is 10.2. The van der Waals surface area contributed by atoms with Crippen LogP contribution in [0.25, 0.3) is 0 Å². The Hall–Kier alpha value is -1.75. The van der Waals surface area contributed by atoms with Gasteiger partial charge >= 0.3 is 0 Å². The van der Waals surface area contributed by atoms with Gasteiger partial charge in [-0.3, -0.25) is 10.1 Å². The van der Waals surface area contributed by atoms with Gasteiger partial charge in [0, 0.05) is 12.7 Å². The number of aliphatic imine (C=N–C) groups is 1. The molecule has 1 N–H and O–H groups in total. The molecule has 0 aliphatic carbocycles. The predicted molar refractivity (Wildman–Crippen MR) is 88.0 cm³/mol. The van der Waals surface area contributed by atoms with E-state index >= 15 is 0 Å². The van der Waals surface area contributed by atoms with Crippen LogP contribution in [0.15, 0.2) is 60.1 Å². The SMILES string of the molecule is C=C/C(C#N)=N\CP(Cc1ccccc1)NCC(=C)C. The first-order valence-electron chi connectivity index (χ1n) is 6.39. The molecule has 20 heavy (non-hydrogen) atoms. The Morgan fingerprint density at radius 3 is 2.70 bits per heavy atom. The third kappa shape index (κ3) is 6.43. The Balaban J connectivity index is 2.69. The van der Waals surface area contributed by atoms with Gasteiger partial charge in [-0.2, -0.15) is 5.26 Å². The van der Waals surface area contributed by atoms with Gasteiger partial charge in [-0.1, -0.05) is 49.1 Å². The van der Waals surface area contributed by atoms with E-state index in [1.165, 1.54) is 11.6 Å². The van der Waals surface area contributed by atoms with Crippen molar-refractivity contribution in [3.63, 3.8) is 0 Å². The van der Waals surface area contributed by atoms with Crippen molar-refractivity contribution in [1.29, 1.82) is 5.26 Å². The Morgan fingerprint density at radius 1 is 1.45 bits per heavy atom. The van der Waals surface area contributed by atoms with E-state index < -0.39 is 8.07 Å². The molecule has 0 amide bonds. The Morgan fingerprint density at radius 2 is 2.15 bits per heavy atom. The molecule has 104 valence electrons. The fraction of sp³-hybridized carbons (Fsp3) is 0.250. The van der Waals surface area contributed by atoms with Crippen LogP contribution in [0.1, 0.15) is 12.5 Å². The number of hydrogen-bond donors (Lipinski definition) is 1. The van der Waals surface area contributed by atoms with Crippen LogP contribution in [-0.2, 0) is 6.16 Å². The average molecular weight is 285 g/mol. The molecule has 0 aliphatic heterocycles. The van der Waals surface area contributed by atoms with E-state index in [1.807, 2.05) is 31.2 Å². The predicted octanol–water partition coefficient (Wildman–Crippen LogP) is 3.86. The standard InChI is InChI=1S/C16H20N3P/c1-4-16(10-17)18-13-20(19-11-14(2)3)12-15-8-6-5-7-9-15/h4-9,19H,1-2,11-13H2,3H3/b18-16+. The van der Waals surface area contributed by atoms with E-state index in [2.05, 4.69) is 35.4 Å². The van der Waals surface area contributed by atoms with E-state index in [0.717, 1.165) is 18.3 Å². The zero-order chi connectivity index (χ0) is 14.8. The summed E-state index contributed by atoms with van der Waals surface area (Å²) in [6.07, 6.45) is 3.05. The van der Waals surface area contributed by atoms with Crippen LogP contribution in [0.5, 0.6) is 0 Å². The van der Waals surface area contributed by atoms with Gasteiger partial charge in [-0.05, 0) is 26.6 Å². The fourth-order valence-corrected chi connectivity index (χ4v) is 3.29. The minimum absolute atomic E-state index is 0.391. The van der Waals surface area contributed by atoms with E-state index in [4.69, 9.17) is 5.26 Å². The first-order valence-corrected chi connectivity index (χ1v) is 8.10. The van der Waals surface area contributed by atoms with Gasteiger partial charge in [0.05, 0.1) is 6.29 Å². The van der Waals surface area contributed by atoms with Crippen LogP contribution in [0.4, 0.5) is 0 Å². The summed E-state index contributed by atoms with van der Waals surface area (Å²) in [5.74, 6) is 0. The largest absolute Gasteiger partial charge is 0.290 e. The number of hydrogen-bond acceptors (Lipinski definition) is 3. The molecule has 0 spiro atoms. The van der Waals surface area contributed by atoms with Crippen molar-refractivity contribution in [3.8, 4) is 6.07 Å². The molecule has 1 aromatic rings. The fourth-order valence-electron chi connectivity index (χ4n) is 1.51. The second-order valence-corrected chi connectivity index (χ2v) is 6.47. The maximum Gasteiger partial charge on any atom is 0.134 e. The maximum absolute atomic E-state index is 8.87. The lowest BCUT2D eigenvalue weighted by molar-refractivity contribution is 1.02. The van der Waals surface area contributed by atoms with E-state index in [9.17, 15) is 0 Å². The summed E-state index contributed by atoms with van der Waals surface area (Å²) in [6.45, 7) is 10.3. The maximum atomic E-state index is 8.87. The number of nitrogens with one attached hydrogen (secondary N) is 1. The van der Waals surface area contributed by atoms with Crippen LogP contribution in [-0.4, -0.2) is 18.5 Å². The molecule has 1 aromatic carbocycles. The van der Waals surface area contributed by atoms with Crippen molar-refractivity contribution in [2.75, 3.05) is 12.8 Å². The summed E-state index contributed by atoms with van der Waals surface area (Å²) in [5.41, 5.74) is 2.77. The summed E-state index contributed by atoms with van der Waals surface area (Å²) in [4.78, 5) is 4.31. The van der Waals surface area contributed by atoms with Gasteiger partial charge in [0.25, 0.3) is 0 Å². The quantitative estimate of drug-likeness (QED) is 0.448. The zero-order valence-corrected chi connectivity index (χ0v) is 12.7. The lowest BCUT2D eigenvalue weighted by Crippen LogP contribution is -2.12. The van der Waals surface area contributed by atoms with Crippen molar-refractivity contribution < 1.29 is 0 Å². The van der Waals surface area contributed by atoms with E-state index in [-0.39, 0.29) is 0 Å². The third-order valence-corrected chi connectivity index (χ3v) is 4.38. The van der Waals surface area contributed by atoms with Gasteiger partial charge in [0.2, 0.25) is 0 Å². The zero-order valence-electron chi connectivity index (χ0n) is 11.8. The highest BCUT2D eigenvalue weighted by atomic mass is 31.1. The Kier molecular flexibility index (Phi) is 7.50. The third-order valence-electron chi connectivity index (χ3n) is 2.54. The monoisotopic (exact) mass is 285 g/mol. The molecule has 0 fully saturated rings. The van der Waals surface area contributed by atoms with Crippen molar-refractivity contribution in [3.05, 3.63) is 60.7 Å². The smallest absolute Gasteiger partial charge is 0.134 e. The van der Waals surface area contributed by atoms with E-state index in [1.54, 1.807) is 0 Å². The summed E-state index contributed by atoms with van der Waals surface area (Å²) >= 11 is 0. The molecule has 0 saturated heterocycles. The Labute approximate surface area is 122 Å². The van der Waals surface area contributed by atoms with Crippen LogP contribution in [0, 0.1) is 11.3 Å². The Bertz CT molecular complexity index is 514. The summed E-state index contributed by atoms with van der Waals surface area (Å²) in [6, 6.07) is 12.3. The first kappa shape index (κ1) is 16.3. The first-order chi connectivity index (χ1) is 9.65. The molecule has 1 rings (SSSR count). The number of rotatable bonds is 8. The van der Waals surface area contributed by atoms with Crippen molar-refractivity contribution in [2.45, 2.75) is 13.1 Å². The van der Waals surface area contributed by atoms with Gasteiger partial charge < -0.3 is 0 Å². The highest BCUT2D eigenvalue weighted by Crippen LogP contribution is 2.35. The van der Waals surface area contributed by atoms with E-state index in [0.29, 0.717) is 12.0 Å². The molecule has 0 bridgehead atoms. The van der Waals surface area contributed by atoms with Crippen molar-refractivity contribution >= 4 is 13.8 Å². The summed E-state index contributed by atoms with van der Waals surface area (Å²) < 4.78 is 0. The van der Waals surface area contributed by atoms with Crippen LogP contribution < -0.4 is 5.09 Å². The van der Waals surface area contributed by atoms with Crippen LogP contribution in [0.2, 0.25) is 0 Å². The highest BCUT2D eigenvalue weighted by Gasteiger charge is 2.08. The molecular weight excluding hydrogens is 265 g/mol. The van der Waals surface area contributed by atoms with Gasteiger partial charge in [0.1, 0.15) is 11.8 Å². The molecule has 1 unspecified atom stereocenters. The molecule has 0 radical (unpaired) electrons. The molecule has 0 aromatic heterocycles. The minimum atomic E-state index is -0.511. The van der Waals surface area contributed by atoms with Crippen molar-refractivity contribution in [1.82, 2.24) is 5.09 Å². The number of benzene rings is 1. The minimum Gasteiger partial charge on any atom is -0.290 e. The van der Waals surface area contributed by atoms with Gasteiger partial charge in [0.15, 0.2) is 0 Å². The molecule has 3 nitrogen and oxygen atoms in total. The topological polar surface area (TPSA) is 48.2 Å². The van der Waals surface area contributed by atoms with Crippen LogP contribution in [0.3, 0.4) is 0 Å². The highest BCUT2D eigenvalue weighted by molar-refractivity contribution is 7.54. The van der Waals surface area contributed by atoms with Gasteiger partial charge in [-0.15, -0.1) is 0 Å². The normalized spacial score (nSPS) is 12.5.